The third-order valence-electron chi connectivity index (χ3n) is 5.32. The molecule has 0 unspecified atom stereocenters. The van der Waals surface area contributed by atoms with Gasteiger partial charge in [0, 0.05) is 29.6 Å². The molecule has 0 bridgehead atoms. The quantitative estimate of drug-likeness (QED) is 0.398. The molecular weight excluding hydrogens is 458 g/mol. The summed E-state index contributed by atoms with van der Waals surface area (Å²) >= 11 is 1.30. The highest BCUT2D eigenvalue weighted by atomic mass is 32.1. The van der Waals surface area contributed by atoms with E-state index in [-0.39, 0.29) is 12.5 Å². The summed E-state index contributed by atoms with van der Waals surface area (Å²) in [6.07, 6.45) is -4.39. The van der Waals surface area contributed by atoms with Crippen LogP contribution >= 0.6 is 11.3 Å². The fraction of sp³-hybridized carbons (Fsp3) is 0.182. The van der Waals surface area contributed by atoms with Crippen LogP contribution in [0.4, 0.5) is 17.6 Å². The molecule has 1 amide bonds. The van der Waals surface area contributed by atoms with E-state index in [0.717, 1.165) is 12.1 Å². The number of carbonyl (C=O) groups is 1. The van der Waals surface area contributed by atoms with Crippen molar-refractivity contribution < 1.29 is 22.4 Å². The minimum absolute atomic E-state index is 0.218. The van der Waals surface area contributed by atoms with Crippen molar-refractivity contribution in [2.24, 2.45) is 0 Å². The molecule has 0 atom stereocenters. The lowest BCUT2D eigenvalue weighted by molar-refractivity contribution is -0.137. The van der Waals surface area contributed by atoms with E-state index in [0.29, 0.717) is 46.6 Å². The highest BCUT2D eigenvalue weighted by molar-refractivity contribution is 7.13. The van der Waals surface area contributed by atoms with Gasteiger partial charge in [-0.2, -0.15) is 13.2 Å². The van der Waals surface area contributed by atoms with Gasteiger partial charge in [0.1, 0.15) is 16.5 Å². The monoisotopic (exact) mass is 473 g/mol. The van der Waals surface area contributed by atoms with Crippen molar-refractivity contribution in [2.45, 2.75) is 19.3 Å². The van der Waals surface area contributed by atoms with E-state index < -0.39 is 17.6 Å². The largest absolute Gasteiger partial charge is 0.416 e. The maximum atomic E-state index is 13.1. The predicted molar refractivity (Wildman–Crippen MR) is 113 cm³/mol. The summed E-state index contributed by atoms with van der Waals surface area (Å²) in [5.74, 6) is 0.502. The Morgan fingerprint density at radius 2 is 1.70 bits per heavy atom. The zero-order valence-electron chi connectivity index (χ0n) is 16.9. The standard InChI is InChI=1S/C22H15F4N5OS/c23-16-7-3-14(4-8-16)21(32)30-9-10-31-18(11-30)28-29-19(31)17-12-33-20(27-17)13-1-5-15(6-2-13)22(24,25)26/h1-8,12H,9-11H2. The first-order valence-electron chi connectivity index (χ1n) is 9.90. The number of fused-ring (bicyclic) bond motifs is 1. The highest BCUT2D eigenvalue weighted by Crippen LogP contribution is 2.33. The van der Waals surface area contributed by atoms with Crippen molar-refractivity contribution in [3.05, 3.63) is 76.7 Å². The lowest BCUT2D eigenvalue weighted by atomic mass is 10.1. The second kappa shape index (κ2) is 8.07. The van der Waals surface area contributed by atoms with Gasteiger partial charge in [0.2, 0.25) is 0 Å². The summed E-state index contributed by atoms with van der Waals surface area (Å²) in [4.78, 5) is 18.9. The number of aromatic nitrogens is 4. The minimum Gasteiger partial charge on any atom is -0.329 e. The molecule has 6 nitrogen and oxygen atoms in total. The van der Waals surface area contributed by atoms with E-state index in [9.17, 15) is 22.4 Å². The predicted octanol–water partition coefficient (Wildman–Crippen LogP) is 4.88. The van der Waals surface area contributed by atoms with E-state index >= 15 is 0 Å². The molecule has 0 spiro atoms. The maximum absolute atomic E-state index is 13.1. The van der Waals surface area contributed by atoms with E-state index in [1.165, 1.54) is 47.7 Å². The van der Waals surface area contributed by atoms with Gasteiger partial charge in [-0.05, 0) is 36.4 Å². The summed E-state index contributed by atoms with van der Waals surface area (Å²) in [5, 5.41) is 10.8. The van der Waals surface area contributed by atoms with Crippen molar-refractivity contribution in [3.63, 3.8) is 0 Å². The van der Waals surface area contributed by atoms with Crippen LogP contribution in [0, 0.1) is 5.82 Å². The Bertz CT molecular complexity index is 1310. The molecular formula is C22H15F4N5OS. The van der Waals surface area contributed by atoms with Crippen molar-refractivity contribution in [1.29, 1.82) is 0 Å². The number of hydrogen-bond donors (Lipinski definition) is 0. The lowest BCUT2D eigenvalue weighted by Gasteiger charge is -2.27. The number of nitrogens with zero attached hydrogens (tertiary/aromatic N) is 5. The smallest absolute Gasteiger partial charge is 0.329 e. The normalized spacial score (nSPS) is 13.8. The van der Waals surface area contributed by atoms with Gasteiger partial charge in [0.15, 0.2) is 11.6 Å². The summed E-state index contributed by atoms with van der Waals surface area (Å²) in [5.41, 5.74) is 0.820. The van der Waals surface area contributed by atoms with E-state index in [4.69, 9.17) is 0 Å². The van der Waals surface area contributed by atoms with Gasteiger partial charge >= 0.3 is 6.18 Å². The number of halogens is 4. The molecule has 11 heteroatoms. The summed E-state index contributed by atoms with van der Waals surface area (Å²) < 4.78 is 53.4. The van der Waals surface area contributed by atoms with E-state index in [1.807, 2.05) is 4.57 Å². The molecule has 5 rings (SSSR count). The summed E-state index contributed by atoms with van der Waals surface area (Å²) in [6.45, 7) is 1.13. The molecule has 0 radical (unpaired) electrons. The topological polar surface area (TPSA) is 63.9 Å². The molecule has 168 valence electrons. The van der Waals surface area contributed by atoms with Gasteiger partial charge in [-0.25, -0.2) is 9.37 Å². The Balaban J connectivity index is 1.35. The molecule has 0 saturated heterocycles. The number of carbonyl (C=O) groups excluding carboxylic acids is 1. The Hall–Kier alpha value is -3.60. The van der Waals surface area contributed by atoms with Crippen molar-refractivity contribution in [3.8, 4) is 22.1 Å². The molecule has 1 aliphatic heterocycles. The fourth-order valence-corrected chi connectivity index (χ4v) is 4.41. The Morgan fingerprint density at radius 3 is 2.39 bits per heavy atom. The van der Waals surface area contributed by atoms with Gasteiger partial charge in [0.05, 0.1) is 12.1 Å². The van der Waals surface area contributed by atoms with Gasteiger partial charge in [-0.1, -0.05) is 12.1 Å². The summed E-state index contributed by atoms with van der Waals surface area (Å²) in [6, 6.07) is 10.2. The van der Waals surface area contributed by atoms with Gasteiger partial charge in [-0.3, -0.25) is 4.79 Å². The van der Waals surface area contributed by atoms with Crippen LogP contribution in [-0.4, -0.2) is 37.1 Å². The molecule has 4 aromatic rings. The highest BCUT2D eigenvalue weighted by Gasteiger charge is 2.30. The molecule has 1 aliphatic rings. The van der Waals surface area contributed by atoms with Crippen LogP contribution in [0.15, 0.2) is 53.9 Å². The van der Waals surface area contributed by atoms with Crippen molar-refractivity contribution >= 4 is 17.2 Å². The number of hydrogen-bond acceptors (Lipinski definition) is 5. The van der Waals surface area contributed by atoms with Crippen LogP contribution in [0.5, 0.6) is 0 Å². The van der Waals surface area contributed by atoms with Crippen molar-refractivity contribution in [1.82, 2.24) is 24.6 Å². The summed E-state index contributed by atoms with van der Waals surface area (Å²) in [7, 11) is 0. The zero-order valence-corrected chi connectivity index (χ0v) is 17.7. The third-order valence-corrected chi connectivity index (χ3v) is 6.22. The average molecular weight is 473 g/mol. The number of amides is 1. The van der Waals surface area contributed by atoms with Crippen LogP contribution in [0.2, 0.25) is 0 Å². The van der Waals surface area contributed by atoms with E-state index in [1.54, 1.807) is 10.3 Å². The lowest BCUT2D eigenvalue weighted by Crippen LogP contribution is -2.38. The van der Waals surface area contributed by atoms with Gasteiger partial charge in [-0.15, -0.1) is 21.5 Å². The number of thiazole rings is 1. The Morgan fingerprint density at radius 1 is 0.970 bits per heavy atom. The SMILES string of the molecule is O=C(c1ccc(F)cc1)N1CCn2c(nnc2-c2csc(-c3ccc(C(F)(F)F)cc3)n2)C1. The number of alkyl halides is 3. The second-order valence-corrected chi connectivity index (χ2v) is 8.30. The maximum Gasteiger partial charge on any atom is 0.416 e. The molecule has 0 saturated carbocycles. The molecule has 0 N–H and O–H groups in total. The van der Waals surface area contributed by atoms with E-state index in [2.05, 4.69) is 15.2 Å². The molecule has 3 heterocycles. The first kappa shape index (κ1) is 21.3. The zero-order chi connectivity index (χ0) is 23.2. The van der Waals surface area contributed by atoms with Crippen LogP contribution in [0.1, 0.15) is 21.7 Å². The Kier molecular flexibility index (Phi) is 5.20. The van der Waals surface area contributed by atoms with Crippen LogP contribution in [-0.2, 0) is 19.3 Å². The van der Waals surface area contributed by atoms with Crippen LogP contribution in [0.25, 0.3) is 22.1 Å². The molecule has 0 aliphatic carbocycles. The molecule has 33 heavy (non-hydrogen) atoms. The van der Waals surface area contributed by atoms with Crippen molar-refractivity contribution in [2.75, 3.05) is 6.54 Å². The Labute approximate surface area is 189 Å². The number of rotatable bonds is 3. The minimum atomic E-state index is -4.39. The van der Waals surface area contributed by atoms with Crippen LogP contribution in [0.3, 0.4) is 0 Å². The molecule has 2 aromatic carbocycles. The first-order valence-corrected chi connectivity index (χ1v) is 10.8. The second-order valence-electron chi connectivity index (χ2n) is 7.44. The first-order chi connectivity index (χ1) is 15.8. The fourth-order valence-electron chi connectivity index (χ4n) is 3.61. The average Bonchev–Trinajstić information content (AvgIpc) is 3.45. The molecule has 2 aromatic heterocycles. The van der Waals surface area contributed by atoms with Gasteiger partial charge < -0.3 is 9.47 Å². The van der Waals surface area contributed by atoms with Gasteiger partial charge in [0.25, 0.3) is 5.91 Å². The molecule has 0 fully saturated rings. The van der Waals surface area contributed by atoms with Crippen LogP contribution < -0.4 is 0 Å². The number of benzene rings is 2. The third kappa shape index (κ3) is 4.11.